The van der Waals surface area contributed by atoms with Crippen LogP contribution in [0.5, 0.6) is 0 Å². The lowest BCUT2D eigenvalue weighted by atomic mass is 10.0. The minimum Gasteiger partial charge on any atom is -0.463 e. The van der Waals surface area contributed by atoms with E-state index in [1.807, 2.05) is 24.3 Å². The van der Waals surface area contributed by atoms with E-state index in [4.69, 9.17) is 9.47 Å². The number of hydrogen-bond acceptors (Lipinski definition) is 6. The van der Waals surface area contributed by atoms with Crippen molar-refractivity contribution in [2.45, 2.75) is 155 Å². The average Bonchev–Trinajstić information content (AvgIpc) is 2.98. The van der Waals surface area contributed by atoms with Gasteiger partial charge in [0.15, 0.2) is 0 Å². The van der Waals surface area contributed by atoms with Crippen LogP contribution < -0.4 is 0 Å². The molecular formula is C37H64O6. The van der Waals surface area contributed by atoms with E-state index in [0.29, 0.717) is 25.7 Å². The zero-order valence-electron chi connectivity index (χ0n) is 27.7. The molecule has 0 aliphatic rings. The molecule has 0 bridgehead atoms. The molecule has 0 aliphatic carbocycles. The Bertz CT molecular complexity index is 767. The third kappa shape index (κ3) is 32.6. The number of rotatable bonds is 29. The van der Waals surface area contributed by atoms with Gasteiger partial charge in [-0.1, -0.05) is 134 Å². The first-order chi connectivity index (χ1) is 20.8. The molecule has 0 saturated heterocycles. The molecule has 0 spiro atoms. The van der Waals surface area contributed by atoms with Gasteiger partial charge in [-0.2, -0.15) is 0 Å². The molecule has 0 aromatic carbocycles. The normalized spacial score (nSPS) is 13.6. The van der Waals surface area contributed by atoms with Crippen molar-refractivity contribution < 1.29 is 29.3 Å². The van der Waals surface area contributed by atoms with Gasteiger partial charge >= 0.3 is 11.9 Å². The molecule has 0 aromatic rings. The number of carbonyl (C=O) groups excluding carboxylic acids is 2. The minimum absolute atomic E-state index is 0.157. The fraction of sp³-hybridized carbons (Fsp3) is 0.730. The second-order valence-corrected chi connectivity index (χ2v) is 12.0. The van der Waals surface area contributed by atoms with Gasteiger partial charge in [0, 0.05) is 12.8 Å². The molecule has 0 aliphatic heterocycles. The van der Waals surface area contributed by atoms with Gasteiger partial charge in [0.2, 0.25) is 0 Å². The summed E-state index contributed by atoms with van der Waals surface area (Å²) < 4.78 is 10.2. The Morgan fingerprint density at radius 2 is 1.23 bits per heavy atom. The third-order valence-corrected chi connectivity index (χ3v) is 7.08. The van der Waals surface area contributed by atoms with Gasteiger partial charge in [-0.15, -0.1) is 0 Å². The quantitative estimate of drug-likeness (QED) is 0.0383. The second kappa shape index (κ2) is 31.3. The van der Waals surface area contributed by atoms with Gasteiger partial charge in [0.25, 0.3) is 0 Å². The lowest BCUT2D eigenvalue weighted by Crippen LogP contribution is -2.25. The first kappa shape index (κ1) is 40.8. The maximum atomic E-state index is 11.9. The summed E-state index contributed by atoms with van der Waals surface area (Å²) in [5.74, 6) is 0.100. The van der Waals surface area contributed by atoms with E-state index < -0.39 is 12.2 Å². The van der Waals surface area contributed by atoms with Gasteiger partial charge in [-0.3, -0.25) is 9.59 Å². The molecule has 248 valence electrons. The highest BCUT2D eigenvalue weighted by atomic mass is 16.6. The van der Waals surface area contributed by atoms with Crippen molar-refractivity contribution in [2.24, 2.45) is 5.92 Å². The van der Waals surface area contributed by atoms with Crippen molar-refractivity contribution in [1.82, 2.24) is 0 Å². The highest BCUT2D eigenvalue weighted by Crippen LogP contribution is 2.13. The van der Waals surface area contributed by atoms with E-state index in [-0.39, 0.29) is 31.6 Å². The third-order valence-electron chi connectivity index (χ3n) is 7.08. The Labute approximate surface area is 263 Å². The first-order valence-corrected chi connectivity index (χ1v) is 17.2. The molecule has 0 aromatic heterocycles. The molecule has 0 heterocycles. The summed E-state index contributed by atoms with van der Waals surface area (Å²) in [6.45, 7) is 6.42. The molecule has 0 saturated carbocycles. The van der Waals surface area contributed by atoms with Crippen LogP contribution in [-0.4, -0.2) is 47.6 Å². The van der Waals surface area contributed by atoms with Crippen LogP contribution in [0.3, 0.4) is 0 Å². The number of aliphatic hydroxyl groups excluding tert-OH is 2. The second-order valence-electron chi connectivity index (χ2n) is 12.0. The Hall–Kier alpha value is -2.18. The maximum absolute atomic E-state index is 11.9. The predicted octanol–water partition coefficient (Wildman–Crippen LogP) is 9.11. The zero-order chi connectivity index (χ0) is 31.8. The van der Waals surface area contributed by atoms with Gasteiger partial charge in [-0.25, -0.2) is 0 Å². The molecule has 2 N–H and O–H groups in total. The van der Waals surface area contributed by atoms with E-state index in [1.54, 1.807) is 6.08 Å². The number of unbranched alkanes of at least 4 members (excludes halogenated alkanes) is 11. The van der Waals surface area contributed by atoms with Crippen LogP contribution in [0.1, 0.15) is 143 Å². The highest BCUT2D eigenvalue weighted by Gasteiger charge is 2.12. The zero-order valence-corrected chi connectivity index (χ0v) is 27.7. The van der Waals surface area contributed by atoms with Crippen LogP contribution in [0.4, 0.5) is 0 Å². The monoisotopic (exact) mass is 604 g/mol. The molecule has 0 amide bonds. The van der Waals surface area contributed by atoms with E-state index in [9.17, 15) is 19.8 Å². The number of allylic oxidation sites excluding steroid dienone is 6. The van der Waals surface area contributed by atoms with Crippen LogP contribution in [-0.2, 0) is 19.1 Å². The van der Waals surface area contributed by atoms with E-state index in [0.717, 1.165) is 38.0 Å². The lowest BCUT2D eigenvalue weighted by molar-refractivity contribution is -0.152. The highest BCUT2D eigenvalue weighted by molar-refractivity contribution is 5.69. The van der Waals surface area contributed by atoms with Crippen LogP contribution in [0, 0.1) is 5.92 Å². The first-order valence-electron chi connectivity index (χ1n) is 17.2. The standard InChI is InChI=1S/C37H64O6/c1-4-5-6-7-8-9-13-17-22-27-34(38)28-23-18-15-20-25-30-37(41)43-32-35(39)31-42-36(40)29-24-19-14-11-10-12-16-21-26-33(2)3/h8-9,15,17-18,22-23,28,33-35,38-39H,4-7,10-14,16,19-21,24-27,29-32H2,1-3H3/b9-8-,18-15+,22-17-,28-23-/t34?,35-/m1/s1. The van der Waals surface area contributed by atoms with E-state index in [2.05, 4.69) is 39.0 Å². The molecular weight excluding hydrogens is 540 g/mol. The summed E-state index contributed by atoms with van der Waals surface area (Å²) >= 11 is 0. The predicted molar refractivity (Wildman–Crippen MR) is 179 cm³/mol. The molecule has 0 radical (unpaired) electrons. The summed E-state index contributed by atoms with van der Waals surface area (Å²) in [4.78, 5) is 23.8. The van der Waals surface area contributed by atoms with Crippen molar-refractivity contribution in [3.63, 3.8) is 0 Å². The van der Waals surface area contributed by atoms with Gasteiger partial charge < -0.3 is 19.7 Å². The van der Waals surface area contributed by atoms with Gasteiger partial charge in [0.1, 0.15) is 19.3 Å². The largest absolute Gasteiger partial charge is 0.463 e. The van der Waals surface area contributed by atoms with Crippen LogP contribution in [0.15, 0.2) is 48.6 Å². The van der Waals surface area contributed by atoms with Crippen LogP contribution >= 0.6 is 0 Å². The van der Waals surface area contributed by atoms with E-state index in [1.165, 1.54) is 57.8 Å². The summed E-state index contributed by atoms with van der Waals surface area (Å²) in [6, 6.07) is 0. The van der Waals surface area contributed by atoms with Gasteiger partial charge in [0.05, 0.1) is 6.10 Å². The molecule has 1 unspecified atom stereocenters. The summed E-state index contributed by atoms with van der Waals surface area (Å²) in [7, 11) is 0. The Morgan fingerprint density at radius 1 is 0.651 bits per heavy atom. The smallest absolute Gasteiger partial charge is 0.305 e. The van der Waals surface area contributed by atoms with Crippen LogP contribution in [0.25, 0.3) is 0 Å². The fourth-order valence-electron chi connectivity index (χ4n) is 4.40. The summed E-state index contributed by atoms with van der Waals surface area (Å²) in [6.07, 6.45) is 33.4. The topological polar surface area (TPSA) is 93.1 Å². The van der Waals surface area contributed by atoms with Crippen molar-refractivity contribution in [2.75, 3.05) is 13.2 Å². The van der Waals surface area contributed by atoms with Crippen molar-refractivity contribution in [3.05, 3.63) is 48.6 Å². The van der Waals surface area contributed by atoms with Crippen molar-refractivity contribution >= 4 is 11.9 Å². The van der Waals surface area contributed by atoms with Crippen molar-refractivity contribution in [3.8, 4) is 0 Å². The fourth-order valence-corrected chi connectivity index (χ4v) is 4.40. The molecule has 0 fully saturated rings. The van der Waals surface area contributed by atoms with Crippen molar-refractivity contribution in [1.29, 1.82) is 0 Å². The average molecular weight is 605 g/mol. The Morgan fingerprint density at radius 3 is 1.88 bits per heavy atom. The van der Waals surface area contributed by atoms with E-state index >= 15 is 0 Å². The maximum Gasteiger partial charge on any atom is 0.305 e. The molecule has 0 rings (SSSR count). The Kier molecular flexibility index (Phi) is 29.7. The molecule has 43 heavy (non-hydrogen) atoms. The Balaban J connectivity index is 3.68. The SMILES string of the molecule is CCCCC/C=C\C/C=C\CC(O)/C=C\C=C\CCCC(=O)OC[C@H](O)COC(=O)CCCCCCCCCCC(C)C. The molecule has 2 atom stereocenters. The molecule has 6 nitrogen and oxygen atoms in total. The molecule has 6 heteroatoms. The summed E-state index contributed by atoms with van der Waals surface area (Å²) in [5, 5.41) is 20.0. The van der Waals surface area contributed by atoms with Gasteiger partial charge in [-0.05, 0) is 50.9 Å². The van der Waals surface area contributed by atoms with Crippen LogP contribution in [0.2, 0.25) is 0 Å². The number of aliphatic hydroxyl groups is 2. The lowest BCUT2D eigenvalue weighted by Gasteiger charge is -2.12. The number of carbonyl (C=O) groups is 2. The minimum atomic E-state index is -1.01. The summed E-state index contributed by atoms with van der Waals surface area (Å²) in [5.41, 5.74) is 0. The number of ether oxygens (including phenoxy) is 2. The number of esters is 2. The number of hydrogen-bond donors (Lipinski definition) is 2.